The number of hydrogen-bond donors (Lipinski definition) is 3. The van der Waals surface area contributed by atoms with Gasteiger partial charge in [0.1, 0.15) is 12.4 Å². The SMILES string of the molecule is NC(=O)C1CNCCN1C(=O)c1ncn[nH]1. The van der Waals surface area contributed by atoms with E-state index in [1.807, 2.05) is 0 Å². The molecule has 1 aromatic rings. The molecule has 0 aliphatic carbocycles. The highest BCUT2D eigenvalue weighted by Gasteiger charge is 2.32. The largest absolute Gasteiger partial charge is 0.368 e. The van der Waals surface area contributed by atoms with Crippen molar-refractivity contribution in [3.63, 3.8) is 0 Å². The van der Waals surface area contributed by atoms with Gasteiger partial charge in [0.05, 0.1) is 0 Å². The number of rotatable bonds is 2. The van der Waals surface area contributed by atoms with Crippen molar-refractivity contribution < 1.29 is 9.59 Å². The van der Waals surface area contributed by atoms with Gasteiger partial charge in [-0.3, -0.25) is 14.7 Å². The van der Waals surface area contributed by atoms with E-state index >= 15 is 0 Å². The Morgan fingerprint density at radius 3 is 3.00 bits per heavy atom. The number of carbonyl (C=O) groups excluding carboxylic acids is 2. The summed E-state index contributed by atoms with van der Waals surface area (Å²) in [6.07, 6.45) is 1.24. The van der Waals surface area contributed by atoms with Gasteiger partial charge in [-0.15, -0.1) is 0 Å². The summed E-state index contributed by atoms with van der Waals surface area (Å²) >= 11 is 0. The summed E-state index contributed by atoms with van der Waals surface area (Å²) in [7, 11) is 0. The maximum Gasteiger partial charge on any atom is 0.291 e. The second-order valence-electron chi connectivity index (χ2n) is 3.45. The predicted molar refractivity (Wildman–Crippen MR) is 53.3 cm³/mol. The molecule has 1 aliphatic heterocycles. The number of carbonyl (C=O) groups is 2. The van der Waals surface area contributed by atoms with Crippen LogP contribution in [0.5, 0.6) is 0 Å². The molecule has 1 saturated heterocycles. The van der Waals surface area contributed by atoms with Gasteiger partial charge in [0, 0.05) is 19.6 Å². The summed E-state index contributed by atoms with van der Waals surface area (Å²) in [6, 6.07) is -0.633. The fraction of sp³-hybridized carbons (Fsp3) is 0.500. The van der Waals surface area contributed by atoms with Gasteiger partial charge in [0.2, 0.25) is 11.7 Å². The van der Waals surface area contributed by atoms with Crippen molar-refractivity contribution in [2.45, 2.75) is 6.04 Å². The van der Waals surface area contributed by atoms with Gasteiger partial charge < -0.3 is 16.0 Å². The molecule has 0 spiro atoms. The maximum absolute atomic E-state index is 11.9. The van der Waals surface area contributed by atoms with Crippen LogP contribution in [0.4, 0.5) is 0 Å². The Morgan fingerprint density at radius 2 is 2.38 bits per heavy atom. The first kappa shape index (κ1) is 10.6. The predicted octanol–water partition coefficient (Wildman–Crippen LogP) is -2.30. The van der Waals surface area contributed by atoms with Crippen LogP contribution >= 0.6 is 0 Å². The molecule has 1 fully saturated rings. The zero-order chi connectivity index (χ0) is 11.5. The Balaban J connectivity index is 2.17. The van der Waals surface area contributed by atoms with E-state index in [0.717, 1.165) is 0 Å². The zero-order valence-corrected chi connectivity index (χ0v) is 8.51. The maximum atomic E-state index is 11.9. The summed E-state index contributed by atoms with van der Waals surface area (Å²) in [5.74, 6) is -0.768. The molecule has 8 heteroatoms. The fourth-order valence-electron chi connectivity index (χ4n) is 1.65. The summed E-state index contributed by atoms with van der Waals surface area (Å²) in [5, 5.41) is 9.07. The lowest BCUT2D eigenvalue weighted by Crippen LogP contribution is -2.58. The minimum absolute atomic E-state index is 0.119. The second-order valence-corrected chi connectivity index (χ2v) is 3.45. The Hall–Kier alpha value is -1.96. The number of aromatic amines is 1. The molecule has 2 rings (SSSR count). The van der Waals surface area contributed by atoms with Crippen molar-refractivity contribution in [1.82, 2.24) is 25.4 Å². The van der Waals surface area contributed by atoms with E-state index in [2.05, 4.69) is 20.5 Å². The lowest BCUT2D eigenvalue weighted by molar-refractivity contribution is -0.122. The number of nitrogens with one attached hydrogen (secondary N) is 2. The van der Waals surface area contributed by atoms with Crippen LogP contribution in [0.2, 0.25) is 0 Å². The molecule has 0 radical (unpaired) electrons. The molecule has 1 atom stereocenters. The number of primary amides is 1. The van der Waals surface area contributed by atoms with Crippen molar-refractivity contribution in [3.8, 4) is 0 Å². The lowest BCUT2D eigenvalue weighted by Gasteiger charge is -2.33. The Labute approximate surface area is 91.2 Å². The van der Waals surface area contributed by atoms with Gasteiger partial charge in [0.25, 0.3) is 5.91 Å². The monoisotopic (exact) mass is 224 g/mol. The Kier molecular flexibility index (Phi) is 2.82. The van der Waals surface area contributed by atoms with Crippen LogP contribution in [-0.4, -0.2) is 57.6 Å². The second kappa shape index (κ2) is 4.27. The molecule has 1 aromatic heterocycles. The molecule has 1 aliphatic rings. The first-order chi connectivity index (χ1) is 7.70. The molecule has 0 saturated carbocycles. The van der Waals surface area contributed by atoms with Crippen molar-refractivity contribution in [1.29, 1.82) is 0 Å². The van der Waals surface area contributed by atoms with Gasteiger partial charge in [-0.1, -0.05) is 0 Å². The van der Waals surface area contributed by atoms with Crippen LogP contribution in [-0.2, 0) is 4.79 Å². The minimum atomic E-state index is -0.633. The number of aromatic nitrogens is 3. The Morgan fingerprint density at radius 1 is 1.56 bits per heavy atom. The third-order valence-electron chi connectivity index (χ3n) is 2.45. The van der Waals surface area contributed by atoms with E-state index < -0.39 is 11.9 Å². The number of hydrogen-bond acceptors (Lipinski definition) is 5. The third kappa shape index (κ3) is 1.87. The van der Waals surface area contributed by atoms with Gasteiger partial charge in [0.15, 0.2) is 0 Å². The third-order valence-corrected chi connectivity index (χ3v) is 2.45. The number of amides is 2. The molecule has 8 nitrogen and oxygen atoms in total. The molecule has 86 valence electrons. The molecule has 2 amide bonds. The molecule has 4 N–H and O–H groups in total. The van der Waals surface area contributed by atoms with E-state index in [1.54, 1.807) is 0 Å². The van der Waals surface area contributed by atoms with Gasteiger partial charge >= 0.3 is 0 Å². The Bertz CT molecular complexity index is 389. The van der Waals surface area contributed by atoms with Crippen molar-refractivity contribution in [3.05, 3.63) is 12.2 Å². The van der Waals surface area contributed by atoms with Gasteiger partial charge in [-0.05, 0) is 0 Å². The number of nitrogens with zero attached hydrogens (tertiary/aromatic N) is 3. The van der Waals surface area contributed by atoms with E-state index in [-0.39, 0.29) is 11.7 Å². The zero-order valence-electron chi connectivity index (χ0n) is 8.51. The molecular formula is C8H12N6O2. The summed E-state index contributed by atoms with van der Waals surface area (Å²) in [4.78, 5) is 28.3. The van der Waals surface area contributed by atoms with Crippen molar-refractivity contribution in [2.24, 2.45) is 5.73 Å². The minimum Gasteiger partial charge on any atom is -0.368 e. The molecular weight excluding hydrogens is 212 g/mol. The smallest absolute Gasteiger partial charge is 0.291 e. The van der Waals surface area contributed by atoms with Crippen LogP contribution < -0.4 is 11.1 Å². The molecule has 16 heavy (non-hydrogen) atoms. The standard InChI is InChI=1S/C8H12N6O2/c9-6(15)5-3-10-1-2-14(5)8(16)7-11-4-12-13-7/h4-5,10H,1-3H2,(H2,9,15)(H,11,12,13). The highest BCUT2D eigenvalue weighted by Crippen LogP contribution is 2.06. The highest BCUT2D eigenvalue weighted by molar-refractivity contribution is 5.94. The topological polar surface area (TPSA) is 117 Å². The van der Waals surface area contributed by atoms with E-state index in [4.69, 9.17) is 5.73 Å². The van der Waals surface area contributed by atoms with Crippen LogP contribution in [0, 0.1) is 0 Å². The van der Waals surface area contributed by atoms with Gasteiger partial charge in [-0.25, -0.2) is 4.98 Å². The summed E-state index contributed by atoms with van der Waals surface area (Å²) < 4.78 is 0. The highest BCUT2D eigenvalue weighted by atomic mass is 16.2. The van der Waals surface area contributed by atoms with Crippen molar-refractivity contribution >= 4 is 11.8 Å². The van der Waals surface area contributed by atoms with Crippen LogP contribution in [0.3, 0.4) is 0 Å². The summed E-state index contributed by atoms with van der Waals surface area (Å²) in [5.41, 5.74) is 5.23. The first-order valence-corrected chi connectivity index (χ1v) is 4.86. The fourth-order valence-corrected chi connectivity index (χ4v) is 1.65. The lowest BCUT2D eigenvalue weighted by atomic mass is 10.2. The normalized spacial score (nSPS) is 20.8. The summed E-state index contributed by atoms with van der Waals surface area (Å²) in [6.45, 7) is 1.42. The average molecular weight is 224 g/mol. The van der Waals surface area contributed by atoms with Gasteiger partial charge in [-0.2, -0.15) is 5.10 Å². The number of nitrogens with two attached hydrogens (primary N) is 1. The van der Waals surface area contributed by atoms with Crippen LogP contribution in [0.25, 0.3) is 0 Å². The molecule has 2 heterocycles. The van der Waals surface area contributed by atoms with E-state index in [9.17, 15) is 9.59 Å². The van der Waals surface area contributed by atoms with E-state index in [0.29, 0.717) is 19.6 Å². The number of H-pyrrole nitrogens is 1. The van der Waals surface area contributed by atoms with E-state index in [1.165, 1.54) is 11.2 Å². The molecule has 0 aromatic carbocycles. The van der Waals surface area contributed by atoms with Crippen LogP contribution in [0.15, 0.2) is 6.33 Å². The first-order valence-electron chi connectivity index (χ1n) is 4.86. The van der Waals surface area contributed by atoms with Crippen LogP contribution in [0.1, 0.15) is 10.6 Å². The molecule has 0 bridgehead atoms. The van der Waals surface area contributed by atoms with Crippen molar-refractivity contribution in [2.75, 3.05) is 19.6 Å². The average Bonchev–Trinajstić information content (AvgIpc) is 2.81. The molecule has 1 unspecified atom stereocenters. The number of piperazine rings is 1. The quantitative estimate of drug-likeness (QED) is 0.522.